The summed E-state index contributed by atoms with van der Waals surface area (Å²) in [6.07, 6.45) is 6.00. The molecule has 2 saturated heterocycles. The number of carbonyl (C=O) groups excluding carboxylic acids is 1. The van der Waals surface area contributed by atoms with Crippen LogP contribution in [0.3, 0.4) is 0 Å². The van der Waals surface area contributed by atoms with Crippen LogP contribution >= 0.6 is 0 Å². The molecule has 1 aromatic carbocycles. The standard InChI is InChI=1S/C26H35N3O3/c1-5-12-25-16-26(29(3)24(25)30)22(28-23(32-26)19-10-13-27-14-11-19)15-21(17(25)2)18-6-8-20(31-4)9-7-18/h5-9,17,19,21,23,27H,1,10-16H2,2-4H3/t17-,21+,23-,25+,26+/m1/s1. The van der Waals surface area contributed by atoms with Gasteiger partial charge in [0.15, 0.2) is 12.0 Å². The predicted octanol–water partition coefficient (Wildman–Crippen LogP) is 3.74. The first-order valence-corrected chi connectivity index (χ1v) is 11.9. The van der Waals surface area contributed by atoms with Crippen LogP contribution in [0, 0.1) is 17.3 Å². The van der Waals surface area contributed by atoms with Gasteiger partial charge in [0.2, 0.25) is 5.91 Å². The molecule has 1 spiro atoms. The molecular weight excluding hydrogens is 402 g/mol. The Morgan fingerprint density at radius 1 is 1.31 bits per heavy atom. The molecule has 3 heterocycles. The van der Waals surface area contributed by atoms with E-state index in [-0.39, 0.29) is 24.0 Å². The van der Waals surface area contributed by atoms with E-state index in [1.54, 1.807) is 7.11 Å². The van der Waals surface area contributed by atoms with Gasteiger partial charge in [-0.1, -0.05) is 25.1 Å². The highest BCUT2D eigenvalue weighted by atomic mass is 16.6. The predicted molar refractivity (Wildman–Crippen MR) is 125 cm³/mol. The van der Waals surface area contributed by atoms with Gasteiger partial charge in [0.1, 0.15) is 5.75 Å². The smallest absolute Gasteiger partial charge is 0.231 e. The molecule has 1 aromatic rings. The van der Waals surface area contributed by atoms with Gasteiger partial charge in [0, 0.05) is 19.4 Å². The van der Waals surface area contributed by atoms with Gasteiger partial charge in [-0.3, -0.25) is 9.79 Å². The molecule has 6 nitrogen and oxygen atoms in total. The van der Waals surface area contributed by atoms with Crippen molar-refractivity contribution in [2.45, 2.75) is 56.9 Å². The average molecular weight is 438 g/mol. The van der Waals surface area contributed by atoms with Crippen LogP contribution in [0.15, 0.2) is 41.9 Å². The van der Waals surface area contributed by atoms with Gasteiger partial charge < -0.3 is 19.7 Å². The second-order valence-electron chi connectivity index (χ2n) is 10.0. The molecule has 5 rings (SSSR count). The molecule has 1 saturated carbocycles. The lowest BCUT2D eigenvalue weighted by atomic mass is 9.66. The molecule has 3 aliphatic heterocycles. The summed E-state index contributed by atoms with van der Waals surface area (Å²) in [6.45, 7) is 8.25. The van der Waals surface area contributed by atoms with Crippen molar-refractivity contribution in [2.24, 2.45) is 22.2 Å². The van der Waals surface area contributed by atoms with Crippen molar-refractivity contribution in [2.75, 3.05) is 27.2 Å². The Kier molecular flexibility index (Phi) is 5.41. The molecule has 1 aliphatic carbocycles. The van der Waals surface area contributed by atoms with Gasteiger partial charge >= 0.3 is 0 Å². The van der Waals surface area contributed by atoms with E-state index in [2.05, 4.69) is 31.0 Å². The van der Waals surface area contributed by atoms with Crippen LogP contribution in [0.25, 0.3) is 0 Å². The van der Waals surface area contributed by atoms with Crippen molar-refractivity contribution in [3.05, 3.63) is 42.5 Å². The minimum absolute atomic E-state index is 0.137. The third kappa shape index (κ3) is 3.06. The van der Waals surface area contributed by atoms with Crippen molar-refractivity contribution >= 4 is 11.6 Å². The molecule has 4 aliphatic rings. The van der Waals surface area contributed by atoms with E-state index in [1.807, 2.05) is 30.2 Å². The molecule has 3 fully saturated rings. The number of amides is 1. The molecule has 32 heavy (non-hydrogen) atoms. The third-order valence-electron chi connectivity index (χ3n) is 8.61. The van der Waals surface area contributed by atoms with Crippen LogP contribution in [0.1, 0.15) is 50.5 Å². The number of nitrogens with zero attached hydrogens (tertiary/aromatic N) is 2. The molecule has 172 valence electrons. The first-order chi connectivity index (χ1) is 15.4. The fourth-order valence-electron chi connectivity index (χ4n) is 6.61. The molecular formula is C26H35N3O3. The molecule has 5 atom stereocenters. The average Bonchev–Trinajstić information content (AvgIpc) is 3.26. The van der Waals surface area contributed by atoms with Crippen LogP contribution in [0.2, 0.25) is 0 Å². The summed E-state index contributed by atoms with van der Waals surface area (Å²) >= 11 is 0. The summed E-state index contributed by atoms with van der Waals surface area (Å²) in [5.74, 6) is 1.74. The highest BCUT2D eigenvalue weighted by Crippen LogP contribution is 2.60. The molecule has 0 aromatic heterocycles. The lowest BCUT2D eigenvalue weighted by Gasteiger charge is -2.38. The summed E-state index contributed by atoms with van der Waals surface area (Å²) in [5.41, 5.74) is 1.04. The summed E-state index contributed by atoms with van der Waals surface area (Å²) in [6, 6.07) is 8.31. The van der Waals surface area contributed by atoms with Crippen molar-refractivity contribution in [1.29, 1.82) is 0 Å². The lowest BCUT2D eigenvalue weighted by molar-refractivity contribution is -0.150. The highest BCUT2D eigenvalue weighted by molar-refractivity contribution is 6.02. The van der Waals surface area contributed by atoms with Crippen LogP contribution in [-0.4, -0.2) is 55.7 Å². The summed E-state index contributed by atoms with van der Waals surface area (Å²) in [7, 11) is 3.60. The number of aliphatic imine (C=N–C) groups is 1. The SMILES string of the molecule is C=CC[C@]12C[C@@]3(O[C@H](C4CCNCC4)N=C3C[C@H](c3ccc(OC)cc3)[C@H]1C)N(C)C2=O. The second kappa shape index (κ2) is 7.99. The zero-order chi connectivity index (χ0) is 22.5. The van der Waals surface area contributed by atoms with Crippen molar-refractivity contribution in [1.82, 2.24) is 10.2 Å². The number of piperidine rings is 1. The zero-order valence-corrected chi connectivity index (χ0v) is 19.5. The summed E-state index contributed by atoms with van der Waals surface area (Å²) in [4.78, 5) is 21.0. The summed E-state index contributed by atoms with van der Waals surface area (Å²) < 4.78 is 12.2. The topological polar surface area (TPSA) is 63.2 Å². The Hall–Kier alpha value is -2.18. The van der Waals surface area contributed by atoms with Gasteiger partial charge in [0.05, 0.1) is 18.2 Å². The maximum atomic E-state index is 13.9. The number of allylic oxidation sites excluding steroid dienone is 1. The number of fused-ring (bicyclic) bond motifs is 1. The van der Waals surface area contributed by atoms with Crippen molar-refractivity contribution in [3.63, 3.8) is 0 Å². The first-order valence-electron chi connectivity index (χ1n) is 11.9. The van der Waals surface area contributed by atoms with Gasteiger partial charge in [-0.05, 0) is 68.3 Å². The number of ether oxygens (including phenoxy) is 2. The molecule has 1 amide bonds. The van der Waals surface area contributed by atoms with E-state index < -0.39 is 11.1 Å². The Bertz CT molecular complexity index is 923. The quantitative estimate of drug-likeness (QED) is 0.713. The van der Waals surface area contributed by atoms with Crippen molar-refractivity contribution < 1.29 is 14.3 Å². The van der Waals surface area contributed by atoms with E-state index in [4.69, 9.17) is 14.5 Å². The Morgan fingerprint density at radius 3 is 2.69 bits per heavy atom. The largest absolute Gasteiger partial charge is 0.497 e. The minimum Gasteiger partial charge on any atom is -0.497 e. The minimum atomic E-state index is -0.717. The van der Waals surface area contributed by atoms with E-state index in [9.17, 15) is 4.79 Å². The van der Waals surface area contributed by atoms with Crippen molar-refractivity contribution in [3.8, 4) is 5.75 Å². The van der Waals surface area contributed by atoms with E-state index >= 15 is 0 Å². The number of nitrogens with one attached hydrogen (secondary N) is 1. The first kappa shape index (κ1) is 21.7. The van der Waals surface area contributed by atoms with Crippen LogP contribution in [0.4, 0.5) is 0 Å². The lowest BCUT2D eigenvalue weighted by Crippen LogP contribution is -2.51. The number of hydrogen-bond donors (Lipinski definition) is 1. The third-order valence-corrected chi connectivity index (χ3v) is 8.61. The second-order valence-corrected chi connectivity index (χ2v) is 10.0. The van der Waals surface area contributed by atoms with Gasteiger partial charge in [-0.2, -0.15) is 0 Å². The summed E-state index contributed by atoms with van der Waals surface area (Å²) in [5, 5.41) is 3.44. The maximum Gasteiger partial charge on any atom is 0.231 e. The molecule has 1 N–H and O–H groups in total. The van der Waals surface area contributed by atoms with E-state index in [0.717, 1.165) is 43.8 Å². The number of carbonyl (C=O) groups is 1. The fourth-order valence-corrected chi connectivity index (χ4v) is 6.61. The highest BCUT2D eigenvalue weighted by Gasteiger charge is 2.68. The molecule has 0 unspecified atom stereocenters. The zero-order valence-electron chi connectivity index (χ0n) is 19.5. The Balaban J connectivity index is 1.58. The van der Waals surface area contributed by atoms with Gasteiger partial charge in [-0.15, -0.1) is 6.58 Å². The fraction of sp³-hybridized carbons (Fsp3) is 0.615. The van der Waals surface area contributed by atoms with E-state index in [1.165, 1.54) is 5.56 Å². The number of benzene rings is 1. The van der Waals surface area contributed by atoms with Crippen LogP contribution in [-0.2, 0) is 9.53 Å². The van der Waals surface area contributed by atoms with E-state index in [0.29, 0.717) is 18.8 Å². The number of rotatable bonds is 5. The normalized spacial score (nSPS) is 37.1. The number of methoxy groups -OCH3 is 1. The number of hydrogen-bond acceptors (Lipinski definition) is 5. The number of likely N-dealkylation sites (tertiary alicyclic amines) is 1. The van der Waals surface area contributed by atoms with Crippen LogP contribution in [0.5, 0.6) is 5.75 Å². The molecule has 6 heteroatoms. The Labute approximate surface area is 191 Å². The molecule has 0 radical (unpaired) electrons. The van der Waals surface area contributed by atoms with Crippen LogP contribution < -0.4 is 10.1 Å². The van der Waals surface area contributed by atoms with Gasteiger partial charge in [0.25, 0.3) is 0 Å². The monoisotopic (exact) mass is 437 g/mol. The molecule has 2 bridgehead atoms. The maximum absolute atomic E-state index is 13.9. The van der Waals surface area contributed by atoms with Gasteiger partial charge in [-0.25, -0.2) is 0 Å². The Morgan fingerprint density at radius 2 is 2.03 bits per heavy atom.